The second-order valence-corrected chi connectivity index (χ2v) is 17.2. The average molecular weight is 759 g/mol. The Balaban J connectivity index is 1.27. The first kappa shape index (κ1) is 32.1. The number of hydrogen-bond donors (Lipinski definition) is 0. The molecule has 0 spiro atoms. The fourth-order valence-corrected chi connectivity index (χ4v) is 11.3. The topological polar surface area (TPSA) is 35.6 Å². The molecule has 12 aromatic rings. The number of aromatic nitrogens is 4. The van der Waals surface area contributed by atoms with Gasteiger partial charge in [-0.2, -0.15) is 0 Å². The molecule has 0 radical (unpaired) electrons. The van der Waals surface area contributed by atoms with Crippen LogP contribution in [0.1, 0.15) is 25.0 Å². The Bertz CT molecular complexity index is 3660. The minimum atomic E-state index is -0.179. The highest BCUT2D eigenvalue weighted by Gasteiger charge is 2.38. The number of para-hydroxylation sites is 2. The van der Waals surface area contributed by atoms with E-state index in [2.05, 4.69) is 193 Å². The van der Waals surface area contributed by atoms with Crippen molar-refractivity contribution in [3.05, 3.63) is 181 Å². The van der Waals surface area contributed by atoms with Gasteiger partial charge in [0.15, 0.2) is 0 Å². The van der Waals surface area contributed by atoms with Gasteiger partial charge in [0.05, 0.1) is 43.7 Å². The van der Waals surface area contributed by atoms with Crippen LogP contribution in [0.2, 0.25) is 0 Å². The van der Waals surface area contributed by atoms with Gasteiger partial charge in [-0.05, 0) is 46.3 Å². The highest BCUT2D eigenvalue weighted by Crippen LogP contribution is 2.54. The normalized spacial score (nSPS) is 13.5. The van der Waals surface area contributed by atoms with Crippen LogP contribution in [0.3, 0.4) is 0 Å². The number of benzene rings is 8. The monoisotopic (exact) mass is 758 g/mol. The molecule has 5 heteroatoms. The van der Waals surface area contributed by atoms with E-state index < -0.39 is 0 Å². The molecule has 272 valence electrons. The van der Waals surface area contributed by atoms with E-state index in [0.29, 0.717) is 5.95 Å². The Labute approximate surface area is 337 Å². The van der Waals surface area contributed by atoms with Crippen LogP contribution in [0.25, 0.3) is 109 Å². The van der Waals surface area contributed by atoms with Crippen LogP contribution in [-0.4, -0.2) is 19.1 Å². The number of fused-ring (bicyclic) bond motifs is 15. The summed E-state index contributed by atoms with van der Waals surface area (Å²) in [6.07, 6.45) is 0. The van der Waals surface area contributed by atoms with E-state index in [1.54, 1.807) is 11.3 Å². The summed E-state index contributed by atoms with van der Waals surface area (Å²) in [5.41, 5.74) is 13.8. The SMILES string of the molecule is CC1(C)c2ccccc2-c2c1ccc1c3c4ccccc4c(-n4c5ccccc5c5ccccc54)cc3n(-c3nc(-c4ccccc4)c4sc5ccccc5c4n3)c21. The Kier molecular flexibility index (Phi) is 6.36. The van der Waals surface area contributed by atoms with Crippen molar-refractivity contribution in [2.24, 2.45) is 0 Å². The standard InChI is InChI=1S/C53H34N4S/c1-53(2)39-24-12-8-22-36(39)47-40(53)29-28-38-46-35-21-7-6-20-34(35)43(56-41-25-13-9-18-32(41)33-19-10-14-26-42(33)56)30-44(46)57(50(38)47)52-54-48(31-16-4-3-5-17-31)51-49(55-52)37-23-11-15-27-45(37)58-51/h3-30H,1-2H3. The van der Waals surface area contributed by atoms with E-state index in [9.17, 15) is 0 Å². The molecule has 4 aromatic heterocycles. The van der Waals surface area contributed by atoms with Crippen LogP contribution in [0, 0.1) is 0 Å². The van der Waals surface area contributed by atoms with Gasteiger partial charge in [-0.25, -0.2) is 9.97 Å². The van der Waals surface area contributed by atoms with Gasteiger partial charge in [-0.3, -0.25) is 4.57 Å². The van der Waals surface area contributed by atoms with Crippen molar-refractivity contribution in [3.8, 4) is 34.0 Å². The van der Waals surface area contributed by atoms with Crippen LogP contribution in [-0.2, 0) is 5.41 Å². The van der Waals surface area contributed by atoms with Crippen LogP contribution in [0.15, 0.2) is 170 Å². The van der Waals surface area contributed by atoms with Gasteiger partial charge in [-0.1, -0.05) is 159 Å². The maximum absolute atomic E-state index is 5.65. The van der Waals surface area contributed by atoms with Gasteiger partial charge in [0.25, 0.3) is 0 Å². The zero-order valence-electron chi connectivity index (χ0n) is 31.9. The Morgan fingerprint density at radius 3 is 1.91 bits per heavy atom. The van der Waals surface area contributed by atoms with Crippen LogP contribution in [0.5, 0.6) is 0 Å². The second-order valence-electron chi connectivity index (χ2n) is 16.1. The van der Waals surface area contributed by atoms with Crippen molar-refractivity contribution < 1.29 is 0 Å². The minimum Gasteiger partial charge on any atom is -0.309 e. The van der Waals surface area contributed by atoms with Gasteiger partial charge in [0, 0.05) is 53.6 Å². The smallest absolute Gasteiger partial charge is 0.235 e. The van der Waals surface area contributed by atoms with Crippen LogP contribution in [0.4, 0.5) is 0 Å². The van der Waals surface area contributed by atoms with Crippen molar-refractivity contribution in [1.82, 2.24) is 19.1 Å². The lowest BCUT2D eigenvalue weighted by atomic mass is 9.82. The van der Waals surface area contributed by atoms with Gasteiger partial charge in [-0.15, -0.1) is 11.3 Å². The summed E-state index contributed by atoms with van der Waals surface area (Å²) in [7, 11) is 0. The molecule has 4 nitrogen and oxygen atoms in total. The molecule has 0 saturated carbocycles. The molecule has 58 heavy (non-hydrogen) atoms. The van der Waals surface area contributed by atoms with E-state index in [-0.39, 0.29) is 5.41 Å². The predicted octanol–water partition coefficient (Wildman–Crippen LogP) is 14.2. The second kappa shape index (κ2) is 11.5. The zero-order valence-corrected chi connectivity index (χ0v) is 32.7. The molecule has 0 bridgehead atoms. The third-order valence-corrected chi connectivity index (χ3v) is 13.9. The van der Waals surface area contributed by atoms with Crippen molar-refractivity contribution in [3.63, 3.8) is 0 Å². The van der Waals surface area contributed by atoms with Crippen LogP contribution >= 0.6 is 11.3 Å². The molecule has 0 fully saturated rings. The molecule has 0 unspecified atom stereocenters. The lowest BCUT2D eigenvalue weighted by Gasteiger charge is -2.21. The summed E-state index contributed by atoms with van der Waals surface area (Å²) >= 11 is 1.77. The average Bonchev–Trinajstić information content (AvgIpc) is 3.99. The molecular weight excluding hydrogens is 725 g/mol. The molecule has 1 aliphatic carbocycles. The first-order valence-corrected chi connectivity index (χ1v) is 20.7. The summed E-state index contributed by atoms with van der Waals surface area (Å²) in [5.74, 6) is 0.675. The highest BCUT2D eigenvalue weighted by molar-refractivity contribution is 7.26. The lowest BCUT2D eigenvalue weighted by molar-refractivity contribution is 0.661. The quantitative estimate of drug-likeness (QED) is 0.180. The van der Waals surface area contributed by atoms with Crippen molar-refractivity contribution in [2.75, 3.05) is 0 Å². The van der Waals surface area contributed by atoms with Crippen molar-refractivity contribution in [2.45, 2.75) is 19.3 Å². The molecule has 1 aliphatic rings. The summed E-state index contributed by atoms with van der Waals surface area (Å²) < 4.78 is 7.18. The number of thiophene rings is 1. The van der Waals surface area contributed by atoms with E-state index in [1.807, 2.05) is 0 Å². The maximum Gasteiger partial charge on any atom is 0.235 e. The molecule has 0 atom stereocenters. The third kappa shape index (κ3) is 4.13. The first-order valence-electron chi connectivity index (χ1n) is 19.9. The fraction of sp³-hybridized carbons (Fsp3) is 0.0566. The predicted molar refractivity (Wildman–Crippen MR) is 244 cm³/mol. The number of hydrogen-bond acceptors (Lipinski definition) is 3. The summed E-state index contributed by atoms with van der Waals surface area (Å²) in [5, 5.41) is 8.45. The van der Waals surface area contributed by atoms with Crippen molar-refractivity contribution >= 4 is 86.0 Å². The largest absolute Gasteiger partial charge is 0.309 e. The Morgan fingerprint density at radius 2 is 1.14 bits per heavy atom. The highest BCUT2D eigenvalue weighted by atomic mass is 32.1. The summed E-state index contributed by atoms with van der Waals surface area (Å²) in [6, 6.07) is 61.9. The molecule has 13 rings (SSSR count). The fourth-order valence-electron chi connectivity index (χ4n) is 10.2. The summed E-state index contributed by atoms with van der Waals surface area (Å²) in [4.78, 5) is 11.3. The third-order valence-electron chi connectivity index (χ3n) is 12.7. The molecule has 0 N–H and O–H groups in total. The Morgan fingerprint density at radius 1 is 0.500 bits per heavy atom. The van der Waals surface area contributed by atoms with Crippen LogP contribution < -0.4 is 0 Å². The van der Waals surface area contributed by atoms with Gasteiger partial charge in [0.1, 0.15) is 0 Å². The first-order chi connectivity index (χ1) is 28.6. The maximum atomic E-state index is 5.65. The molecular formula is C53H34N4S. The van der Waals surface area contributed by atoms with Crippen molar-refractivity contribution in [1.29, 1.82) is 0 Å². The summed E-state index contributed by atoms with van der Waals surface area (Å²) in [6.45, 7) is 4.72. The molecule has 4 heterocycles. The molecule has 0 amide bonds. The molecule has 8 aromatic carbocycles. The lowest BCUT2D eigenvalue weighted by Crippen LogP contribution is -2.14. The number of rotatable bonds is 3. The number of nitrogens with zero attached hydrogens (tertiary/aromatic N) is 4. The van der Waals surface area contributed by atoms with Gasteiger partial charge >= 0.3 is 0 Å². The van der Waals surface area contributed by atoms with E-state index in [0.717, 1.165) is 43.6 Å². The van der Waals surface area contributed by atoms with E-state index in [1.165, 1.54) is 70.3 Å². The molecule has 0 aliphatic heterocycles. The Hall–Kier alpha value is -7.08. The minimum absolute atomic E-state index is 0.179. The van der Waals surface area contributed by atoms with Gasteiger partial charge < -0.3 is 4.57 Å². The zero-order chi connectivity index (χ0) is 38.3. The van der Waals surface area contributed by atoms with E-state index >= 15 is 0 Å². The van der Waals surface area contributed by atoms with Gasteiger partial charge in [0.2, 0.25) is 5.95 Å². The van der Waals surface area contributed by atoms with E-state index in [4.69, 9.17) is 9.97 Å². The molecule has 0 saturated heterocycles.